The Hall–Kier alpha value is -0.520. The number of aliphatic hydroxyl groups excluding tert-OH is 1. The van der Waals surface area contributed by atoms with Crippen LogP contribution in [0.3, 0.4) is 0 Å². The second-order valence-corrected chi connectivity index (χ2v) is 3.32. The Morgan fingerprint density at radius 2 is 1.85 bits per heavy atom. The van der Waals surface area contributed by atoms with Gasteiger partial charge in [-0.2, -0.15) is 0 Å². The highest BCUT2D eigenvalue weighted by Crippen LogP contribution is 2.10. The summed E-state index contributed by atoms with van der Waals surface area (Å²) in [5.41, 5.74) is 4.77. The summed E-state index contributed by atoms with van der Waals surface area (Å²) in [7, 11) is 0. The molecular weight excluding hydrogens is 160 g/mol. The topological polar surface area (TPSA) is 20.2 Å². The fraction of sp³-hybridized carbons (Fsp3) is 0.750. The predicted molar refractivity (Wildman–Crippen MR) is 57.7 cm³/mol. The fourth-order valence-electron chi connectivity index (χ4n) is 1.28. The standard InChI is InChI=1S/C12H22O/c1-3-8-12(9-4-2)10-6-5-7-11-13/h6,13H,3-5,7-9,11H2,1-2H3. The molecule has 13 heavy (non-hydrogen) atoms. The minimum absolute atomic E-state index is 0.287. The zero-order valence-corrected chi connectivity index (χ0v) is 8.97. The summed E-state index contributed by atoms with van der Waals surface area (Å²) in [6.07, 6.45) is 8.63. The van der Waals surface area contributed by atoms with E-state index in [-0.39, 0.29) is 6.61 Å². The lowest BCUT2D eigenvalue weighted by Crippen LogP contribution is -1.81. The molecule has 0 aromatic carbocycles. The molecule has 0 aliphatic heterocycles. The molecule has 0 radical (unpaired) electrons. The minimum atomic E-state index is 0.287. The van der Waals surface area contributed by atoms with Crippen LogP contribution in [-0.2, 0) is 0 Å². The Morgan fingerprint density at radius 3 is 2.31 bits per heavy atom. The summed E-state index contributed by atoms with van der Waals surface area (Å²) < 4.78 is 0. The van der Waals surface area contributed by atoms with Crippen LogP contribution in [0.2, 0.25) is 0 Å². The van der Waals surface area contributed by atoms with Gasteiger partial charge in [0.15, 0.2) is 0 Å². The highest BCUT2D eigenvalue weighted by molar-refractivity contribution is 5.01. The van der Waals surface area contributed by atoms with Crippen LogP contribution in [0.1, 0.15) is 52.4 Å². The molecule has 0 aliphatic carbocycles. The monoisotopic (exact) mass is 182 g/mol. The van der Waals surface area contributed by atoms with Gasteiger partial charge in [-0.15, -0.1) is 5.73 Å². The van der Waals surface area contributed by atoms with Gasteiger partial charge in [0.1, 0.15) is 0 Å². The van der Waals surface area contributed by atoms with Crippen molar-refractivity contribution in [2.24, 2.45) is 0 Å². The summed E-state index contributed by atoms with van der Waals surface area (Å²) >= 11 is 0. The molecular formula is C12H22O. The number of rotatable bonds is 7. The van der Waals surface area contributed by atoms with Crippen molar-refractivity contribution in [1.82, 2.24) is 0 Å². The van der Waals surface area contributed by atoms with Crippen LogP contribution >= 0.6 is 0 Å². The van der Waals surface area contributed by atoms with Crippen LogP contribution in [0.4, 0.5) is 0 Å². The summed E-state index contributed by atoms with van der Waals surface area (Å²) in [6.45, 7) is 4.69. The van der Waals surface area contributed by atoms with E-state index in [9.17, 15) is 0 Å². The van der Waals surface area contributed by atoms with Gasteiger partial charge in [-0.05, 0) is 37.3 Å². The fourth-order valence-corrected chi connectivity index (χ4v) is 1.28. The van der Waals surface area contributed by atoms with E-state index >= 15 is 0 Å². The average molecular weight is 182 g/mol. The molecule has 0 heterocycles. The molecule has 0 unspecified atom stereocenters. The van der Waals surface area contributed by atoms with E-state index in [4.69, 9.17) is 5.11 Å². The van der Waals surface area contributed by atoms with Crippen LogP contribution in [0.15, 0.2) is 17.4 Å². The number of hydrogen-bond acceptors (Lipinski definition) is 1. The van der Waals surface area contributed by atoms with E-state index in [0.717, 1.165) is 12.8 Å². The molecule has 0 spiro atoms. The van der Waals surface area contributed by atoms with Crippen LogP contribution in [0, 0.1) is 0 Å². The summed E-state index contributed by atoms with van der Waals surface area (Å²) in [6, 6.07) is 0. The highest BCUT2D eigenvalue weighted by atomic mass is 16.2. The maximum Gasteiger partial charge on any atom is 0.0434 e. The van der Waals surface area contributed by atoms with Gasteiger partial charge in [0, 0.05) is 6.61 Å². The molecule has 1 heteroatoms. The molecule has 0 atom stereocenters. The van der Waals surface area contributed by atoms with Gasteiger partial charge >= 0.3 is 0 Å². The van der Waals surface area contributed by atoms with Gasteiger partial charge in [-0.25, -0.2) is 0 Å². The molecule has 0 bridgehead atoms. The Morgan fingerprint density at radius 1 is 1.23 bits per heavy atom. The molecule has 0 amide bonds. The van der Waals surface area contributed by atoms with E-state index < -0.39 is 0 Å². The molecule has 0 aromatic rings. The van der Waals surface area contributed by atoms with Crippen molar-refractivity contribution in [1.29, 1.82) is 0 Å². The zero-order chi connectivity index (χ0) is 9.94. The van der Waals surface area contributed by atoms with Crippen molar-refractivity contribution in [3.8, 4) is 0 Å². The van der Waals surface area contributed by atoms with Gasteiger partial charge in [-0.1, -0.05) is 26.7 Å². The first-order valence-electron chi connectivity index (χ1n) is 5.38. The summed E-state index contributed by atoms with van der Waals surface area (Å²) in [5.74, 6) is 0. The van der Waals surface area contributed by atoms with E-state index in [2.05, 4.69) is 25.7 Å². The third kappa shape index (κ3) is 7.83. The second kappa shape index (κ2) is 9.57. The third-order valence-electron chi connectivity index (χ3n) is 1.92. The highest BCUT2D eigenvalue weighted by Gasteiger charge is 1.91. The molecule has 0 aliphatic rings. The van der Waals surface area contributed by atoms with Crippen LogP contribution < -0.4 is 0 Å². The Labute approximate surface area is 82.2 Å². The lowest BCUT2D eigenvalue weighted by atomic mass is 10.1. The largest absolute Gasteiger partial charge is 0.396 e. The summed E-state index contributed by atoms with van der Waals surface area (Å²) in [5, 5.41) is 8.58. The van der Waals surface area contributed by atoms with Crippen LogP contribution in [0.25, 0.3) is 0 Å². The van der Waals surface area contributed by atoms with Gasteiger partial charge in [0.2, 0.25) is 0 Å². The van der Waals surface area contributed by atoms with Gasteiger partial charge in [0.25, 0.3) is 0 Å². The van der Waals surface area contributed by atoms with Crippen molar-refractivity contribution in [2.45, 2.75) is 52.4 Å². The number of aliphatic hydroxyl groups is 1. The molecule has 0 saturated heterocycles. The first kappa shape index (κ1) is 12.5. The zero-order valence-electron chi connectivity index (χ0n) is 8.97. The molecule has 1 N–H and O–H groups in total. The number of hydrogen-bond donors (Lipinski definition) is 1. The van der Waals surface area contributed by atoms with E-state index in [1.807, 2.05) is 0 Å². The average Bonchev–Trinajstić information content (AvgIpc) is 2.13. The maximum atomic E-state index is 8.58. The predicted octanol–water partition coefficient (Wildman–Crippen LogP) is 3.44. The SMILES string of the molecule is CCCC(=C=CCCCO)CCC. The maximum absolute atomic E-state index is 8.58. The van der Waals surface area contributed by atoms with E-state index in [1.165, 1.54) is 31.3 Å². The summed E-state index contributed by atoms with van der Waals surface area (Å²) in [4.78, 5) is 0. The van der Waals surface area contributed by atoms with Crippen molar-refractivity contribution in [2.75, 3.05) is 6.61 Å². The normalized spacial score (nSPS) is 9.46. The first-order valence-corrected chi connectivity index (χ1v) is 5.38. The number of unbranched alkanes of at least 4 members (excludes halogenated alkanes) is 1. The van der Waals surface area contributed by atoms with Crippen LogP contribution in [0.5, 0.6) is 0 Å². The lowest BCUT2D eigenvalue weighted by molar-refractivity contribution is 0.289. The van der Waals surface area contributed by atoms with Crippen molar-refractivity contribution < 1.29 is 5.11 Å². The van der Waals surface area contributed by atoms with Gasteiger partial charge in [-0.3, -0.25) is 0 Å². The molecule has 0 aromatic heterocycles. The molecule has 1 nitrogen and oxygen atoms in total. The smallest absolute Gasteiger partial charge is 0.0434 e. The Bertz CT molecular complexity index is 156. The molecule has 76 valence electrons. The van der Waals surface area contributed by atoms with E-state index in [0.29, 0.717) is 0 Å². The first-order chi connectivity index (χ1) is 6.35. The number of allylic oxidation sites excluding steroid dienone is 1. The van der Waals surface area contributed by atoms with Crippen molar-refractivity contribution in [3.63, 3.8) is 0 Å². The van der Waals surface area contributed by atoms with Crippen molar-refractivity contribution >= 4 is 0 Å². The Balaban J connectivity index is 3.91. The van der Waals surface area contributed by atoms with Crippen LogP contribution in [-0.4, -0.2) is 11.7 Å². The van der Waals surface area contributed by atoms with Gasteiger partial charge < -0.3 is 5.11 Å². The lowest BCUT2D eigenvalue weighted by Gasteiger charge is -1.98. The molecule has 0 fully saturated rings. The third-order valence-corrected chi connectivity index (χ3v) is 1.92. The van der Waals surface area contributed by atoms with Crippen molar-refractivity contribution in [3.05, 3.63) is 17.4 Å². The molecule has 0 rings (SSSR count). The molecule has 0 saturated carbocycles. The Kier molecular flexibility index (Phi) is 9.18. The quantitative estimate of drug-likeness (QED) is 0.472. The van der Waals surface area contributed by atoms with Gasteiger partial charge in [0.05, 0.1) is 0 Å². The minimum Gasteiger partial charge on any atom is -0.396 e. The second-order valence-electron chi connectivity index (χ2n) is 3.32. The van der Waals surface area contributed by atoms with E-state index in [1.54, 1.807) is 0 Å².